The molecule has 0 heterocycles. The van der Waals surface area contributed by atoms with E-state index in [9.17, 15) is 4.79 Å². The second-order valence-corrected chi connectivity index (χ2v) is 4.52. The third kappa shape index (κ3) is 15.8. The Morgan fingerprint density at radius 1 is 1.23 bits per heavy atom. The second-order valence-electron chi connectivity index (χ2n) is 4.52. The van der Waals surface area contributed by atoms with E-state index >= 15 is 0 Å². The Morgan fingerprint density at radius 3 is 2.15 bits per heavy atom. The Labute approximate surface area is 125 Å². The van der Waals surface area contributed by atoms with Crippen LogP contribution in [-0.4, -0.2) is 60.0 Å². The van der Waals surface area contributed by atoms with Crippen molar-refractivity contribution in [2.75, 3.05) is 0 Å². The quantitative estimate of drug-likeness (QED) is 0.626. The van der Waals surface area contributed by atoms with Crippen LogP contribution in [-0.2, 0) is 4.79 Å². The molecule has 13 heavy (non-hydrogen) atoms. The molecule has 2 nitrogen and oxygen atoms in total. The third-order valence-corrected chi connectivity index (χ3v) is 1.82. The van der Waals surface area contributed by atoms with Crippen LogP contribution in [0.3, 0.4) is 0 Å². The number of carboxylic acids is 1. The number of carbonyl (C=O) groups is 1. The summed E-state index contributed by atoms with van der Waals surface area (Å²) in [5.41, 5.74) is 0.392. The standard InChI is InChI=1S/C10H20O2.Ba.2H/c1-10(2,3)8-6-4-5-7-9(11)12;;;/h4-8H2,1-3H3,(H,11,12);;;/q;+2;2*-1. The minimum absolute atomic E-state index is 0. The van der Waals surface area contributed by atoms with E-state index < -0.39 is 5.97 Å². The van der Waals surface area contributed by atoms with Gasteiger partial charge >= 0.3 is 54.9 Å². The van der Waals surface area contributed by atoms with Crippen molar-refractivity contribution in [3.8, 4) is 0 Å². The van der Waals surface area contributed by atoms with Crippen molar-refractivity contribution < 1.29 is 12.8 Å². The average molecular weight is 312 g/mol. The molecule has 0 aromatic rings. The number of hydrogen-bond donors (Lipinski definition) is 1. The summed E-state index contributed by atoms with van der Waals surface area (Å²) in [5, 5.41) is 8.37. The second kappa shape index (κ2) is 8.36. The topological polar surface area (TPSA) is 37.3 Å². The van der Waals surface area contributed by atoms with Crippen LogP contribution in [0.2, 0.25) is 0 Å². The van der Waals surface area contributed by atoms with Crippen LogP contribution in [0.1, 0.15) is 55.7 Å². The van der Waals surface area contributed by atoms with Crippen molar-refractivity contribution in [2.24, 2.45) is 5.41 Å². The Kier molecular flexibility index (Phi) is 10.6. The summed E-state index contributed by atoms with van der Waals surface area (Å²) < 4.78 is 0. The van der Waals surface area contributed by atoms with Crippen LogP contribution in [0.15, 0.2) is 0 Å². The molecule has 0 atom stereocenters. The summed E-state index contributed by atoms with van der Waals surface area (Å²) >= 11 is 0. The molecule has 0 saturated heterocycles. The van der Waals surface area contributed by atoms with Gasteiger partial charge in [-0.1, -0.05) is 33.6 Å². The van der Waals surface area contributed by atoms with Gasteiger partial charge in [-0.05, 0) is 18.3 Å². The third-order valence-electron chi connectivity index (χ3n) is 1.82. The zero-order valence-electron chi connectivity index (χ0n) is 11.1. The van der Waals surface area contributed by atoms with Crippen molar-refractivity contribution in [3.63, 3.8) is 0 Å². The zero-order valence-corrected chi connectivity index (χ0v) is 13.5. The molecule has 0 rings (SSSR count). The van der Waals surface area contributed by atoms with Gasteiger partial charge in [0.25, 0.3) is 0 Å². The van der Waals surface area contributed by atoms with E-state index in [0.29, 0.717) is 11.8 Å². The van der Waals surface area contributed by atoms with Crippen LogP contribution in [0.25, 0.3) is 0 Å². The molecule has 76 valence electrons. The van der Waals surface area contributed by atoms with Crippen LogP contribution in [0.4, 0.5) is 0 Å². The molecule has 0 radical (unpaired) electrons. The first kappa shape index (κ1) is 16.5. The molecule has 0 aromatic carbocycles. The summed E-state index contributed by atoms with van der Waals surface area (Å²) in [6, 6.07) is 0. The van der Waals surface area contributed by atoms with Crippen molar-refractivity contribution in [1.29, 1.82) is 0 Å². The minimum atomic E-state index is -0.675. The molecule has 0 aromatic heterocycles. The molecule has 0 unspecified atom stereocenters. The Balaban J connectivity index is -0.000000202. The molecular formula is C10H22BaO2. The van der Waals surface area contributed by atoms with Gasteiger partial charge in [0.05, 0.1) is 0 Å². The fourth-order valence-corrected chi connectivity index (χ4v) is 1.11. The van der Waals surface area contributed by atoms with Crippen LogP contribution < -0.4 is 0 Å². The van der Waals surface area contributed by atoms with Gasteiger partial charge in [0.15, 0.2) is 0 Å². The van der Waals surface area contributed by atoms with E-state index in [2.05, 4.69) is 20.8 Å². The van der Waals surface area contributed by atoms with Gasteiger partial charge in [0, 0.05) is 6.42 Å². The fourth-order valence-electron chi connectivity index (χ4n) is 1.11. The summed E-state index contributed by atoms with van der Waals surface area (Å²) in [6.45, 7) is 6.64. The van der Waals surface area contributed by atoms with Gasteiger partial charge in [0.2, 0.25) is 0 Å². The molecule has 0 spiro atoms. The number of aliphatic carboxylic acids is 1. The largest absolute Gasteiger partial charge is 2.00 e. The van der Waals surface area contributed by atoms with Crippen LogP contribution >= 0.6 is 0 Å². The minimum Gasteiger partial charge on any atom is -1.00 e. The SMILES string of the molecule is CC(C)(C)CCCCCC(=O)O.[Ba+2].[H-].[H-]. The van der Waals surface area contributed by atoms with E-state index in [1.165, 1.54) is 6.42 Å². The monoisotopic (exact) mass is 312 g/mol. The van der Waals surface area contributed by atoms with Gasteiger partial charge in [0.1, 0.15) is 0 Å². The molecule has 0 aliphatic carbocycles. The van der Waals surface area contributed by atoms with Crippen LogP contribution in [0, 0.1) is 5.41 Å². The summed E-state index contributed by atoms with van der Waals surface area (Å²) in [7, 11) is 0. The normalized spacial score (nSPS) is 10.7. The molecule has 0 bridgehead atoms. The zero-order chi connectivity index (χ0) is 9.61. The first-order chi connectivity index (χ1) is 5.42. The summed E-state index contributed by atoms with van der Waals surface area (Å²) in [4.78, 5) is 10.2. The number of hydrogen-bond acceptors (Lipinski definition) is 1. The molecule has 0 saturated carbocycles. The van der Waals surface area contributed by atoms with Gasteiger partial charge in [-0.2, -0.15) is 0 Å². The number of unbranched alkanes of at least 4 members (excludes halogenated alkanes) is 2. The number of carboxylic acid groups (broad SMARTS) is 1. The average Bonchev–Trinajstić information content (AvgIpc) is 1.83. The molecular weight excluding hydrogens is 289 g/mol. The van der Waals surface area contributed by atoms with Gasteiger partial charge in [-0.25, -0.2) is 0 Å². The van der Waals surface area contributed by atoms with Crippen molar-refractivity contribution in [2.45, 2.75) is 52.9 Å². The van der Waals surface area contributed by atoms with E-state index in [1.54, 1.807) is 0 Å². The van der Waals surface area contributed by atoms with Gasteiger partial charge < -0.3 is 7.96 Å². The Bertz CT molecular complexity index is 147. The first-order valence-electron chi connectivity index (χ1n) is 4.63. The Hall–Kier alpha value is 1.04. The van der Waals surface area contributed by atoms with Crippen LogP contribution in [0.5, 0.6) is 0 Å². The predicted molar refractivity (Wildman–Crippen MR) is 58.2 cm³/mol. The molecule has 0 amide bonds. The molecule has 0 fully saturated rings. The Morgan fingerprint density at radius 2 is 1.77 bits per heavy atom. The van der Waals surface area contributed by atoms with Crippen molar-refractivity contribution in [3.05, 3.63) is 0 Å². The summed E-state index contributed by atoms with van der Waals surface area (Å²) in [6.07, 6.45) is 4.53. The smallest absolute Gasteiger partial charge is 1.00 e. The van der Waals surface area contributed by atoms with Crippen molar-refractivity contribution >= 4 is 54.9 Å². The molecule has 0 aliphatic rings. The number of rotatable bonds is 5. The predicted octanol–water partition coefficient (Wildman–Crippen LogP) is 2.91. The maximum Gasteiger partial charge on any atom is 2.00 e. The first-order valence-corrected chi connectivity index (χ1v) is 4.63. The maximum absolute atomic E-state index is 10.2. The fraction of sp³-hybridized carbons (Fsp3) is 0.900. The van der Waals surface area contributed by atoms with Gasteiger partial charge in [-0.15, -0.1) is 0 Å². The summed E-state index contributed by atoms with van der Waals surface area (Å²) in [5.74, 6) is -0.675. The molecule has 0 aliphatic heterocycles. The molecule has 1 N–H and O–H groups in total. The maximum atomic E-state index is 10.2. The van der Waals surface area contributed by atoms with Gasteiger partial charge in [-0.3, -0.25) is 4.79 Å². The molecule has 3 heteroatoms. The van der Waals surface area contributed by atoms with E-state index in [4.69, 9.17) is 5.11 Å². The van der Waals surface area contributed by atoms with E-state index in [-0.39, 0.29) is 51.7 Å². The van der Waals surface area contributed by atoms with E-state index in [1.807, 2.05) is 0 Å². The van der Waals surface area contributed by atoms with Crippen molar-refractivity contribution in [1.82, 2.24) is 0 Å². The van der Waals surface area contributed by atoms with E-state index in [0.717, 1.165) is 19.3 Å².